The number of nitrogens with two attached hydrogens (primary N) is 1. The Morgan fingerprint density at radius 2 is 2.35 bits per heavy atom. The molecule has 1 amide bonds. The van der Waals surface area contributed by atoms with Crippen molar-refractivity contribution >= 4 is 5.91 Å². The number of likely N-dealkylation sites (tertiary alicyclic amines) is 1. The van der Waals surface area contributed by atoms with E-state index in [-0.39, 0.29) is 23.4 Å². The minimum atomic E-state index is -0.0956. The molecule has 1 aliphatic rings. The fourth-order valence-electron chi connectivity index (χ4n) is 2.23. The van der Waals surface area contributed by atoms with E-state index in [0.29, 0.717) is 6.54 Å². The van der Waals surface area contributed by atoms with Gasteiger partial charge in [-0.05, 0) is 18.8 Å². The summed E-state index contributed by atoms with van der Waals surface area (Å²) in [6.07, 6.45) is 2.65. The summed E-state index contributed by atoms with van der Waals surface area (Å²) in [6.45, 7) is 12.2. The predicted octanol–water partition coefficient (Wildman–Crippen LogP) is 0.736. The molecule has 1 saturated heterocycles. The van der Waals surface area contributed by atoms with E-state index in [4.69, 9.17) is 5.73 Å². The van der Waals surface area contributed by atoms with Gasteiger partial charge in [-0.3, -0.25) is 9.69 Å². The average molecular weight is 239 g/mol. The van der Waals surface area contributed by atoms with Crippen LogP contribution in [0.5, 0.6) is 0 Å². The monoisotopic (exact) mass is 239 g/mol. The molecule has 0 saturated carbocycles. The molecule has 0 aromatic carbocycles. The fraction of sp³-hybridized carbons (Fsp3) is 0.769. The highest BCUT2D eigenvalue weighted by Crippen LogP contribution is 2.28. The Morgan fingerprint density at radius 1 is 1.71 bits per heavy atom. The van der Waals surface area contributed by atoms with Gasteiger partial charge in [0.25, 0.3) is 0 Å². The van der Waals surface area contributed by atoms with Gasteiger partial charge in [0.05, 0.1) is 6.04 Å². The lowest BCUT2D eigenvalue weighted by Crippen LogP contribution is -2.57. The maximum Gasteiger partial charge on any atom is 0.237 e. The highest BCUT2D eigenvalue weighted by molar-refractivity contribution is 5.81. The maximum absolute atomic E-state index is 11.9. The standard InChI is InChI=1S/C13H25N3O/c1-5-7-15-12(17)10(2)16-8-6-11(14)13(3,4)9-16/h5,10-11H,1,6-9,14H2,2-4H3,(H,15,17). The lowest BCUT2D eigenvalue weighted by molar-refractivity contribution is -0.127. The Bertz CT molecular complexity index is 288. The Labute approximate surface area is 104 Å². The van der Waals surface area contributed by atoms with E-state index in [0.717, 1.165) is 19.5 Å². The van der Waals surface area contributed by atoms with Gasteiger partial charge in [0, 0.05) is 25.7 Å². The SMILES string of the molecule is C=CCNC(=O)C(C)N1CCC(N)C(C)(C)C1. The number of carbonyl (C=O) groups is 1. The van der Waals surface area contributed by atoms with Gasteiger partial charge >= 0.3 is 0 Å². The van der Waals surface area contributed by atoms with Gasteiger partial charge in [-0.2, -0.15) is 0 Å². The minimum absolute atomic E-state index is 0.0659. The summed E-state index contributed by atoms with van der Waals surface area (Å²) >= 11 is 0. The third kappa shape index (κ3) is 3.54. The lowest BCUT2D eigenvalue weighted by atomic mass is 9.79. The van der Waals surface area contributed by atoms with Crippen molar-refractivity contribution in [3.8, 4) is 0 Å². The first-order chi connectivity index (χ1) is 7.88. The van der Waals surface area contributed by atoms with Crippen LogP contribution in [-0.4, -0.2) is 42.5 Å². The van der Waals surface area contributed by atoms with Gasteiger partial charge in [0.15, 0.2) is 0 Å². The van der Waals surface area contributed by atoms with Crippen LogP contribution in [0.25, 0.3) is 0 Å². The second kappa shape index (κ2) is 5.65. The molecule has 1 fully saturated rings. The number of rotatable bonds is 4. The van der Waals surface area contributed by atoms with Gasteiger partial charge in [0.2, 0.25) is 5.91 Å². The van der Waals surface area contributed by atoms with Crippen LogP contribution in [0.4, 0.5) is 0 Å². The average Bonchev–Trinajstić information content (AvgIpc) is 2.28. The van der Waals surface area contributed by atoms with E-state index in [1.165, 1.54) is 0 Å². The van der Waals surface area contributed by atoms with E-state index >= 15 is 0 Å². The summed E-state index contributed by atoms with van der Waals surface area (Å²) in [5, 5.41) is 2.84. The van der Waals surface area contributed by atoms with Crippen molar-refractivity contribution in [2.75, 3.05) is 19.6 Å². The van der Waals surface area contributed by atoms with E-state index in [1.54, 1.807) is 6.08 Å². The highest BCUT2D eigenvalue weighted by atomic mass is 16.2. The summed E-state index contributed by atoms with van der Waals surface area (Å²) in [5.41, 5.74) is 6.17. The first-order valence-electron chi connectivity index (χ1n) is 6.26. The maximum atomic E-state index is 11.9. The van der Waals surface area contributed by atoms with Crippen molar-refractivity contribution in [3.05, 3.63) is 12.7 Å². The van der Waals surface area contributed by atoms with Crippen molar-refractivity contribution in [2.45, 2.75) is 39.3 Å². The summed E-state index contributed by atoms with van der Waals surface area (Å²) < 4.78 is 0. The number of nitrogens with one attached hydrogen (secondary N) is 1. The van der Waals surface area contributed by atoms with Crippen molar-refractivity contribution in [2.24, 2.45) is 11.1 Å². The van der Waals surface area contributed by atoms with Crippen LogP contribution in [0.2, 0.25) is 0 Å². The Kier molecular flexibility index (Phi) is 4.71. The quantitative estimate of drug-likeness (QED) is 0.711. The molecular weight excluding hydrogens is 214 g/mol. The van der Waals surface area contributed by atoms with Crippen LogP contribution < -0.4 is 11.1 Å². The van der Waals surface area contributed by atoms with E-state index in [9.17, 15) is 4.79 Å². The van der Waals surface area contributed by atoms with E-state index in [1.807, 2.05) is 6.92 Å². The molecule has 2 atom stereocenters. The molecule has 4 heteroatoms. The largest absolute Gasteiger partial charge is 0.351 e. The normalized spacial score (nSPS) is 26.2. The molecule has 98 valence electrons. The molecule has 1 aliphatic heterocycles. The zero-order chi connectivity index (χ0) is 13.1. The second-order valence-electron chi connectivity index (χ2n) is 5.56. The summed E-state index contributed by atoms with van der Waals surface area (Å²) in [4.78, 5) is 14.1. The topological polar surface area (TPSA) is 58.4 Å². The third-order valence-corrected chi connectivity index (χ3v) is 3.69. The zero-order valence-electron chi connectivity index (χ0n) is 11.2. The lowest BCUT2D eigenvalue weighted by Gasteiger charge is -2.44. The summed E-state index contributed by atoms with van der Waals surface area (Å²) in [6, 6.07) is 0.129. The Morgan fingerprint density at radius 3 is 2.88 bits per heavy atom. The first kappa shape index (κ1) is 14.2. The van der Waals surface area contributed by atoms with Gasteiger partial charge in [0.1, 0.15) is 0 Å². The van der Waals surface area contributed by atoms with Crippen LogP contribution in [0, 0.1) is 5.41 Å². The molecule has 1 rings (SSSR count). The Hall–Kier alpha value is -0.870. The van der Waals surface area contributed by atoms with Crippen LogP contribution in [-0.2, 0) is 4.79 Å². The van der Waals surface area contributed by atoms with Crippen molar-refractivity contribution in [3.63, 3.8) is 0 Å². The minimum Gasteiger partial charge on any atom is -0.351 e. The number of carbonyl (C=O) groups excluding carboxylic acids is 1. The molecule has 0 aromatic rings. The third-order valence-electron chi connectivity index (χ3n) is 3.69. The van der Waals surface area contributed by atoms with Gasteiger partial charge in [-0.1, -0.05) is 19.9 Å². The molecule has 0 spiro atoms. The number of piperidine rings is 1. The predicted molar refractivity (Wildman–Crippen MR) is 70.6 cm³/mol. The molecule has 17 heavy (non-hydrogen) atoms. The zero-order valence-corrected chi connectivity index (χ0v) is 11.2. The molecule has 1 heterocycles. The van der Waals surface area contributed by atoms with Gasteiger partial charge < -0.3 is 11.1 Å². The molecule has 3 N–H and O–H groups in total. The number of hydrogen-bond donors (Lipinski definition) is 2. The van der Waals surface area contributed by atoms with Crippen LogP contribution in [0.15, 0.2) is 12.7 Å². The second-order valence-corrected chi connectivity index (χ2v) is 5.56. The van der Waals surface area contributed by atoms with Crippen LogP contribution in [0.3, 0.4) is 0 Å². The van der Waals surface area contributed by atoms with Crippen LogP contribution >= 0.6 is 0 Å². The number of hydrogen-bond acceptors (Lipinski definition) is 3. The summed E-state index contributed by atoms with van der Waals surface area (Å²) in [7, 11) is 0. The smallest absolute Gasteiger partial charge is 0.237 e. The molecular formula is C13H25N3O. The van der Waals surface area contributed by atoms with Crippen molar-refractivity contribution < 1.29 is 4.79 Å². The highest BCUT2D eigenvalue weighted by Gasteiger charge is 2.36. The molecule has 2 unspecified atom stereocenters. The summed E-state index contributed by atoms with van der Waals surface area (Å²) in [5.74, 6) is 0.0659. The molecule has 0 aromatic heterocycles. The van der Waals surface area contributed by atoms with Gasteiger partial charge in [-0.15, -0.1) is 6.58 Å². The van der Waals surface area contributed by atoms with Crippen molar-refractivity contribution in [1.82, 2.24) is 10.2 Å². The molecule has 0 aliphatic carbocycles. The van der Waals surface area contributed by atoms with Gasteiger partial charge in [-0.25, -0.2) is 0 Å². The van der Waals surface area contributed by atoms with E-state index in [2.05, 4.69) is 30.6 Å². The molecule has 0 radical (unpaired) electrons. The first-order valence-corrected chi connectivity index (χ1v) is 6.26. The molecule has 4 nitrogen and oxygen atoms in total. The Balaban J connectivity index is 2.55. The number of nitrogens with zero attached hydrogens (tertiary/aromatic N) is 1. The van der Waals surface area contributed by atoms with E-state index < -0.39 is 0 Å². The van der Waals surface area contributed by atoms with Crippen molar-refractivity contribution in [1.29, 1.82) is 0 Å². The number of amides is 1. The van der Waals surface area contributed by atoms with Crippen LogP contribution in [0.1, 0.15) is 27.2 Å². The molecule has 0 bridgehead atoms. The fourth-order valence-corrected chi connectivity index (χ4v) is 2.23.